The third-order valence-electron chi connectivity index (χ3n) is 5.95. The fourth-order valence-electron chi connectivity index (χ4n) is 4.42. The highest BCUT2D eigenvalue weighted by atomic mass is 16.2. The summed E-state index contributed by atoms with van der Waals surface area (Å²) in [6, 6.07) is 10.9. The summed E-state index contributed by atoms with van der Waals surface area (Å²) in [4.78, 5) is 18.2. The number of likely N-dealkylation sites (tertiary alicyclic amines) is 1. The lowest BCUT2D eigenvalue weighted by Gasteiger charge is -2.25. The van der Waals surface area contributed by atoms with Crippen LogP contribution in [0.4, 0.5) is 4.79 Å². The van der Waals surface area contributed by atoms with Gasteiger partial charge in [0.15, 0.2) is 0 Å². The van der Waals surface area contributed by atoms with Crippen LogP contribution < -0.4 is 0 Å². The second-order valence-electron chi connectivity index (χ2n) is 7.90. The number of hydrogen-bond donors (Lipinski definition) is 0. The van der Waals surface area contributed by atoms with E-state index in [1.165, 1.54) is 10.9 Å². The zero-order valence-corrected chi connectivity index (χ0v) is 15.4. The van der Waals surface area contributed by atoms with Crippen molar-refractivity contribution in [3.63, 3.8) is 0 Å². The number of amides is 2. The lowest BCUT2D eigenvalue weighted by molar-refractivity contribution is 0.171. The van der Waals surface area contributed by atoms with E-state index in [4.69, 9.17) is 0 Å². The van der Waals surface area contributed by atoms with Gasteiger partial charge in [0.05, 0.1) is 0 Å². The lowest BCUT2D eigenvalue weighted by atomic mass is 10.2. The van der Waals surface area contributed by atoms with Crippen LogP contribution in [0, 0.1) is 17.8 Å². The quantitative estimate of drug-likeness (QED) is 0.837. The molecule has 1 saturated carbocycles. The summed E-state index contributed by atoms with van der Waals surface area (Å²) in [5.74, 6) is 2.22. The Morgan fingerprint density at radius 2 is 1.84 bits per heavy atom. The van der Waals surface area contributed by atoms with Gasteiger partial charge in [-0.2, -0.15) is 0 Å². The second-order valence-corrected chi connectivity index (χ2v) is 7.90. The molecule has 134 valence electrons. The standard InChI is InChI=1S/C20H28N4O/c1-21(2)20(25)24-13-17-16(18(17)14-24)12-22(3)10-11-23-9-8-15-6-4-5-7-19(15)23/h4-9,16-18H,10-14H2,1-3H3/t16?,17-,18+. The largest absolute Gasteiger partial charge is 0.346 e. The summed E-state index contributed by atoms with van der Waals surface area (Å²) >= 11 is 0. The highest BCUT2D eigenvalue weighted by Gasteiger charge is 2.56. The number of nitrogens with zero attached hydrogens (tertiary/aromatic N) is 4. The topological polar surface area (TPSA) is 31.7 Å². The van der Waals surface area contributed by atoms with E-state index in [1.54, 1.807) is 4.90 Å². The average Bonchev–Trinajstić information content (AvgIpc) is 2.97. The molecule has 0 radical (unpaired) electrons. The maximum atomic E-state index is 12.0. The van der Waals surface area contributed by atoms with Crippen LogP contribution in [0.2, 0.25) is 0 Å². The molecule has 2 amide bonds. The number of benzene rings is 1. The molecular formula is C20H28N4O. The molecule has 1 unspecified atom stereocenters. The van der Waals surface area contributed by atoms with Crippen molar-refractivity contribution in [3.8, 4) is 0 Å². The third kappa shape index (κ3) is 3.13. The van der Waals surface area contributed by atoms with Crippen LogP contribution in [0.25, 0.3) is 10.9 Å². The lowest BCUT2D eigenvalue weighted by Crippen LogP contribution is -2.40. The number of hydrogen-bond acceptors (Lipinski definition) is 2. The van der Waals surface area contributed by atoms with Gasteiger partial charge in [0, 0.05) is 58.5 Å². The Hall–Kier alpha value is -2.01. The van der Waals surface area contributed by atoms with Gasteiger partial charge in [-0.1, -0.05) is 18.2 Å². The molecule has 1 saturated heterocycles. The Labute approximate surface area is 149 Å². The van der Waals surface area contributed by atoms with Crippen LogP contribution in [0.3, 0.4) is 0 Å². The molecule has 1 aliphatic carbocycles. The molecule has 4 rings (SSSR count). The molecule has 5 heteroatoms. The second kappa shape index (κ2) is 6.37. The summed E-state index contributed by atoms with van der Waals surface area (Å²) in [6.45, 7) is 5.13. The highest BCUT2D eigenvalue weighted by molar-refractivity contribution is 5.79. The number of piperidine rings is 1. The highest BCUT2D eigenvalue weighted by Crippen LogP contribution is 2.51. The van der Waals surface area contributed by atoms with Crippen LogP contribution in [0.15, 0.2) is 36.5 Å². The minimum atomic E-state index is 0.166. The Morgan fingerprint density at radius 3 is 2.56 bits per heavy atom. The van der Waals surface area contributed by atoms with Crippen LogP contribution in [-0.2, 0) is 6.54 Å². The molecule has 0 bridgehead atoms. The van der Waals surface area contributed by atoms with Crippen molar-refractivity contribution in [2.45, 2.75) is 6.54 Å². The Balaban J connectivity index is 1.25. The number of aromatic nitrogens is 1. The minimum absolute atomic E-state index is 0.166. The SMILES string of the molecule is CN(CCn1ccc2ccccc21)CC1[C@H]2CN(C(=O)N(C)C)C[C@@H]12. The Morgan fingerprint density at radius 1 is 1.12 bits per heavy atom. The summed E-state index contributed by atoms with van der Waals surface area (Å²) in [5, 5.41) is 1.31. The molecular weight excluding hydrogens is 312 g/mol. The minimum Gasteiger partial charge on any atom is -0.346 e. The van der Waals surface area contributed by atoms with Gasteiger partial charge in [-0.15, -0.1) is 0 Å². The molecule has 0 N–H and O–H groups in total. The normalized spacial score (nSPS) is 24.8. The molecule has 1 aromatic carbocycles. The van der Waals surface area contributed by atoms with E-state index in [2.05, 4.69) is 53.0 Å². The van der Waals surface area contributed by atoms with Crippen molar-refractivity contribution in [2.75, 3.05) is 47.3 Å². The number of rotatable bonds is 5. The van der Waals surface area contributed by atoms with E-state index in [1.807, 2.05) is 19.0 Å². The first-order valence-corrected chi connectivity index (χ1v) is 9.23. The average molecular weight is 340 g/mol. The van der Waals surface area contributed by atoms with Crippen molar-refractivity contribution < 1.29 is 4.79 Å². The Kier molecular flexibility index (Phi) is 4.20. The van der Waals surface area contributed by atoms with Crippen molar-refractivity contribution >= 4 is 16.9 Å². The van der Waals surface area contributed by atoms with E-state index < -0.39 is 0 Å². The van der Waals surface area contributed by atoms with Crippen molar-refractivity contribution in [3.05, 3.63) is 36.5 Å². The first-order chi connectivity index (χ1) is 12.0. The van der Waals surface area contributed by atoms with Gasteiger partial charge in [0.25, 0.3) is 0 Å². The fraction of sp³-hybridized carbons (Fsp3) is 0.550. The first-order valence-electron chi connectivity index (χ1n) is 9.23. The molecule has 2 fully saturated rings. The molecule has 3 atom stereocenters. The maximum Gasteiger partial charge on any atom is 0.319 e. The third-order valence-corrected chi connectivity index (χ3v) is 5.95. The van der Waals surface area contributed by atoms with Gasteiger partial charge in [-0.05, 0) is 42.3 Å². The molecule has 25 heavy (non-hydrogen) atoms. The summed E-state index contributed by atoms with van der Waals surface area (Å²) in [7, 11) is 5.90. The fourth-order valence-corrected chi connectivity index (χ4v) is 4.42. The number of carbonyl (C=O) groups excluding carboxylic acids is 1. The molecule has 1 aromatic heterocycles. The van der Waals surface area contributed by atoms with E-state index in [9.17, 15) is 4.79 Å². The van der Waals surface area contributed by atoms with Crippen LogP contribution in [0.1, 0.15) is 0 Å². The summed E-state index contributed by atoms with van der Waals surface area (Å²) in [6.07, 6.45) is 2.19. The zero-order valence-electron chi connectivity index (χ0n) is 15.4. The van der Waals surface area contributed by atoms with Crippen LogP contribution in [0.5, 0.6) is 0 Å². The molecule has 2 aromatic rings. The smallest absolute Gasteiger partial charge is 0.319 e. The number of urea groups is 1. The van der Waals surface area contributed by atoms with E-state index >= 15 is 0 Å². The zero-order chi connectivity index (χ0) is 17.6. The van der Waals surface area contributed by atoms with Crippen LogP contribution in [-0.4, -0.2) is 72.6 Å². The number of carbonyl (C=O) groups is 1. The maximum absolute atomic E-state index is 12.0. The monoisotopic (exact) mass is 340 g/mol. The van der Waals surface area contributed by atoms with Gasteiger partial charge in [-0.25, -0.2) is 4.79 Å². The molecule has 2 heterocycles. The van der Waals surface area contributed by atoms with Crippen molar-refractivity contribution in [1.82, 2.24) is 19.3 Å². The van der Waals surface area contributed by atoms with Gasteiger partial charge in [0.2, 0.25) is 0 Å². The predicted octanol–water partition coefficient (Wildman–Crippen LogP) is 2.43. The van der Waals surface area contributed by atoms with Crippen LogP contribution >= 0.6 is 0 Å². The molecule has 2 aliphatic rings. The van der Waals surface area contributed by atoms with Crippen molar-refractivity contribution in [2.24, 2.45) is 17.8 Å². The first kappa shape index (κ1) is 16.5. The summed E-state index contributed by atoms with van der Waals surface area (Å²) < 4.78 is 2.34. The molecule has 0 spiro atoms. The predicted molar refractivity (Wildman–Crippen MR) is 101 cm³/mol. The van der Waals surface area contributed by atoms with Crippen molar-refractivity contribution in [1.29, 1.82) is 0 Å². The molecule has 1 aliphatic heterocycles. The van der Waals surface area contributed by atoms with Gasteiger partial charge in [0.1, 0.15) is 0 Å². The van der Waals surface area contributed by atoms with E-state index in [0.29, 0.717) is 0 Å². The number of fused-ring (bicyclic) bond motifs is 2. The Bertz CT molecular complexity index is 756. The van der Waals surface area contributed by atoms with E-state index in [-0.39, 0.29) is 6.03 Å². The van der Waals surface area contributed by atoms with Gasteiger partial charge in [-0.3, -0.25) is 0 Å². The molecule has 5 nitrogen and oxygen atoms in total. The number of likely N-dealkylation sites (N-methyl/N-ethyl adjacent to an activating group) is 1. The van der Waals surface area contributed by atoms with Gasteiger partial charge >= 0.3 is 6.03 Å². The van der Waals surface area contributed by atoms with E-state index in [0.717, 1.165) is 50.5 Å². The summed E-state index contributed by atoms with van der Waals surface area (Å²) in [5.41, 5.74) is 1.32. The van der Waals surface area contributed by atoms with Gasteiger partial charge < -0.3 is 19.3 Å². The number of para-hydroxylation sites is 1.